The summed E-state index contributed by atoms with van der Waals surface area (Å²) in [7, 11) is -9.93. The maximum atomic E-state index is 13.1. The van der Waals surface area contributed by atoms with Gasteiger partial charge in [-0.05, 0) is 63.2 Å². The monoisotopic (exact) mass is 1460 g/mol. The highest BCUT2D eigenvalue weighted by Crippen LogP contribution is 2.45. The fourth-order valence-corrected chi connectivity index (χ4v) is 13.6. The molecule has 0 fully saturated rings. The number of aliphatic hydroxyl groups excluding tert-OH is 1. The highest BCUT2D eigenvalue weighted by atomic mass is 31.2. The Morgan fingerprint density at radius 3 is 0.820 bits per heavy atom. The summed E-state index contributed by atoms with van der Waals surface area (Å²) in [5, 5.41) is 10.6. The SMILES string of the molecule is CCCCCC/C=C\C=C/CCCCCCCC(=O)O[C@H](COC(=O)CCCCCCCCCCCCC)COP(=O)(O)OC[C@H](O)COP(=O)(O)OC[C@@H](COC(=O)CCCCCCCCCCCCCCCC(C)C)OC(=O)CCCCCCCCCCCCCCCCCC(C)C. The molecule has 0 aromatic heterocycles. The second kappa shape index (κ2) is 72.1. The minimum atomic E-state index is -4.97. The van der Waals surface area contributed by atoms with Crippen LogP contribution in [0.2, 0.25) is 0 Å². The van der Waals surface area contributed by atoms with Crippen molar-refractivity contribution in [1.29, 1.82) is 0 Å². The standard InChI is InChI=1S/C81H154O17P2/c1-7-9-11-13-15-17-19-20-22-28-35-41-47-53-59-65-80(85)97-76(69-91-78(83)63-57-51-45-39-31-18-16-14-12-10-8-2)71-95-99(87,88)93-67-75(82)68-94-100(89,90)96-72-77(70-92-79(84)64-58-52-46-40-34-30-25-27-33-38-44-50-56-62-74(5)6)98-81(86)66-60-54-48-42-36-29-24-21-23-26-32-37-43-49-55-61-73(3)4/h17,19-20,22,73-77,82H,7-16,18,21,23-72H2,1-6H3,(H,87,88)(H,89,90)/b19-17-,22-20-/t75-,76+,77+/m0/s1. The molecule has 0 aromatic carbocycles. The zero-order chi connectivity index (χ0) is 73.5. The zero-order valence-electron chi connectivity index (χ0n) is 65.0. The first-order valence-electron chi connectivity index (χ1n) is 41.3. The van der Waals surface area contributed by atoms with Crippen LogP contribution in [0.15, 0.2) is 24.3 Å². The van der Waals surface area contributed by atoms with E-state index in [1.807, 2.05) is 0 Å². The molecule has 0 aliphatic rings. The van der Waals surface area contributed by atoms with Gasteiger partial charge in [-0.2, -0.15) is 0 Å². The van der Waals surface area contributed by atoms with Crippen LogP contribution in [0.4, 0.5) is 0 Å². The maximum Gasteiger partial charge on any atom is 0.472 e. The van der Waals surface area contributed by atoms with E-state index >= 15 is 0 Å². The minimum Gasteiger partial charge on any atom is -0.462 e. The fraction of sp³-hybridized carbons (Fsp3) is 0.901. The number of ether oxygens (including phenoxy) is 4. The Bertz CT molecular complexity index is 2020. The van der Waals surface area contributed by atoms with Gasteiger partial charge in [0.05, 0.1) is 26.4 Å². The molecule has 0 radical (unpaired) electrons. The van der Waals surface area contributed by atoms with Crippen molar-refractivity contribution >= 4 is 39.5 Å². The lowest BCUT2D eigenvalue weighted by Crippen LogP contribution is -2.30. The number of rotatable bonds is 78. The fourth-order valence-electron chi connectivity index (χ4n) is 12.0. The second-order valence-electron chi connectivity index (χ2n) is 29.4. The van der Waals surface area contributed by atoms with Crippen LogP contribution in [0.25, 0.3) is 0 Å². The first-order valence-corrected chi connectivity index (χ1v) is 44.3. The van der Waals surface area contributed by atoms with Crippen LogP contribution in [0, 0.1) is 11.8 Å². The van der Waals surface area contributed by atoms with Crippen LogP contribution in [-0.2, 0) is 65.4 Å². The molecule has 3 N–H and O–H groups in total. The predicted octanol–water partition coefficient (Wildman–Crippen LogP) is 23.8. The van der Waals surface area contributed by atoms with Crippen molar-refractivity contribution in [3.05, 3.63) is 24.3 Å². The van der Waals surface area contributed by atoms with E-state index < -0.39 is 97.5 Å². The quantitative estimate of drug-likeness (QED) is 0.0169. The number of hydrogen-bond acceptors (Lipinski definition) is 15. The van der Waals surface area contributed by atoms with Crippen LogP contribution in [-0.4, -0.2) is 96.7 Å². The van der Waals surface area contributed by atoms with Gasteiger partial charge >= 0.3 is 39.5 Å². The highest BCUT2D eigenvalue weighted by molar-refractivity contribution is 7.47. The summed E-state index contributed by atoms with van der Waals surface area (Å²) in [6.07, 6.45) is 64.5. The molecule has 0 amide bonds. The molecule has 0 rings (SSSR count). The van der Waals surface area contributed by atoms with Crippen molar-refractivity contribution < 1.29 is 80.2 Å². The van der Waals surface area contributed by atoms with Crippen molar-refractivity contribution in [3.63, 3.8) is 0 Å². The van der Waals surface area contributed by atoms with E-state index in [1.165, 1.54) is 205 Å². The summed E-state index contributed by atoms with van der Waals surface area (Å²) < 4.78 is 68.7. The molecule has 0 aliphatic heterocycles. The van der Waals surface area contributed by atoms with Gasteiger partial charge in [-0.1, -0.05) is 348 Å². The molecule has 0 saturated carbocycles. The molecular weight excluding hydrogens is 1310 g/mol. The predicted molar refractivity (Wildman–Crippen MR) is 409 cm³/mol. The molecule has 590 valence electrons. The molecule has 5 atom stereocenters. The van der Waals surface area contributed by atoms with Gasteiger partial charge in [0.2, 0.25) is 0 Å². The number of hydrogen-bond donors (Lipinski definition) is 3. The van der Waals surface area contributed by atoms with Gasteiger partial charge in [0.1, 0.15) is 19.3 Å². The van der Waals surface area contributed by atoms with E-state index in [-0.39, 0.29) is 25.7 Å². The number of allylic oxidation sites excluding steroid dienone is 4. The molecule has 100 heavy (non-hydrogen) atoms. The van der Waals surface area contributed by atoms with Crippen LogP contribution in [0.3, 0.4) is 0 Å². The lowest BCUT2D eigenvalue weighted by Gasteiger charge is -2.21. The summed E-state index contributed by atoms with van der Waals surface area (Å²) in [6, 6.07) is 0. The third kappa shape index (κ3) is 73.8. The van der Waals surface area contributed by atoms with Crippen LogP contribution in [0.1, 0.15) is 401 Å². The Hall–Kier alpha value is -2.46. The summed E-state index contributed by atoms with van der Waals surface area (Å²) in [5.41, 5.74) is 0. The number of aliphatic hydroxyl groups is 1. The second-order valence-corrected chi connectivity index (χ2v) is 32.3. The molecule has 17 nitrogen and oxygen atoms in total. The number of phosphoric ester groups is 2. The molecule has 0 aromatic rings. The lowest BCUT2D eigenvalue weighted by molar-refractivity contribution is -0.161. The zero-order valence-corrected chi connectivity index (χ0v) is 66.8. The topological polar surface area (TPSA) is 237 Å². The third-order valence-electron chi connectivity index (χ3n) is 18.3. The van der Waals surface area contributed by atoms with E-state index in [0.29, 0.717) is 25.7 Å². The number of carbonyl (C=O) groups excluding carboxylic acids is 4. The van der Waals surface area contributed by atoms with Gasteiger partial charge in [-0.15, -0.1) is 0 Å². The highest BCUT2D eigenvalue weighted by Gasteiger charge is 2.30. The van der Waals surface area contributed by atoms with E-state index in [9.17, 15) is 43.2 Å². The first kappa shape index (κ1) is 97.5. The summed E-state index contributed by atoms with van der Waals surface area (Å²) in [6.45, 7) is 9.61. The van der Waals surface area contributed by atoms with Crippen molar-refractivity contribution in [3.8, 4) is 0 Å². The average Bonchev–Trinajstić information content (AvgIpc) is 1.44. The molecule has 0 bridgehead atoms. The molecule has 0 aliphatic carbocycles. The van der Waals surface area contributed by atoms with Crippen molar-refractivity contribution in [2.24, 2.45) is 11.8 Å². The van der Waals surface area contributed by atoms with E-state index in [1.54, 1.807) is 0 Å². The van der Waals surface area contributed by atoms with Crippen LogP contribution in [0.5, 0.6) is 0 Å². The number of phosphoric acid groups is 2. The summed E-state index contributed by atoms with van der Waals surface area (Å²) >= 11 is 0. The molecule has 0 saturated heterocycles. The smallest absolute Gasteiger partial charge is 0.462 e. The van der Waals surface area contributed by atoms with Gasteiger partial charge in [0.25, 0.3) is 0 Å². The van der Waals surface area contributed by atoms with E-state index in [4.69, 9.17) is 37.0 Å². The van der Waals surface area contributed by atoms with Gasteiger partial charge in [0.15, 0.2) is 12.2 Å². The molecule has 0 heterocycles. The van der Waals surface area contributed by atoms with Gasteiger partial charge in [-0.25, -0.2) is 9.13 Å². The Labute approximate surface area is 612 Å². The van der Waals surface area contributed by atoms with Crippen molar-refractivity contribution in [2.45, 2.75) is 419 Å². The van der Waals surface area contributed by atoms with Gasteiger partial charge < -0.3 is 33.8 Å². The van der Waals surface area contributed by atoms with Crippen molar-refractivity contribution in [2.75, 3.05) is 39.6 Å². The van der Waals surface area contributed by atoms with Crippen LogP contribution >= 0.6 is 15.6 Å². The lowest BCUT2D eigenvalue weighted by atomic mass is 10.0. The molecule has 19 heteroatoms. The third-order valence-corrected chi connectivity index (χ3v) is 20.2. The minimum absolute atomic E-state index is 0.0854. The van der Waals surface area contributed by atoms with E-state index in [2.05, 4.69) is 65.8 Å². The molecule has 2 unspecified atom stereocenters. The number of unbranched alkanes of at least 4 members (excludes halogenated alkanes) is 45. The maximum absolute atomic E-state index is 13.1. The average molecular weight is 1460 g/mol. The molecular formula is C81H154O17P2. The van der Waals surface area contributed by atoms with Gasteiger partial charge in [-0.3, -0.25) is 37.3 Å². The Morgan fingerprint density at radius 1 is 0.310 bits per heavy atom. The summed E-state index contributed by atoms with van der Waals surface area (Å²) in [5.74, 6) is -0.547. The first-order chi connectivity index (χ1) is 48.4. The van der Waals surface area contributed by atoms with E-state index in [0.717, 1.165) is 115 Å². The Morgan fingerprint density at radius 2 is 0.540 bits per heavy atom. The largest absolute Gasteiger partial charge is 0.472 e. The normalized spacial score (nSPS) is 14.1. The Balaban J connectivity index is 5.29. The van der Waals surface area contributed by atoms with Crippen molar-refractivity contribution in [1.82, 2.24) is 0 Å². The number of carbonyl (C=O) groups is 4. The molecule has 0 spiro atoms. The van der Waals surface area contributed by atoms with Crippen LogP contribution < -0.4 is 0 Å². The Kier molecular flexibility index (Phi) is 70.3. The van der Waals surface area contributed by atoms with Gasteiger partial charge in [0, 0.05) is 25.7 Å². The summed E-state index contributed by atoms with van der Waals surface area (Å²) in [4.78, 5) is 73.0. The number of esters is 4.